The predicted octanol–water partition coefficient (Wildman–Crippen LogP) is 2.85. The van der Waals surface area contributed by atoms with E-state index in [4.69, 9.17) is 0 Å². The van der Waals surface area contributed by atoms with Crippen molar-refractivity contribution in [1.29, 1.82) is 0 Å². The normalized spacial score (nSPS) is 30.4. The quantitative estimate of drug-likeness (QED) is 0.932. The largest absolute Gasteiger partial charge is 0.310 e. The Morgan fingerprint density at radius 3 is 2.55 bits per heavy atom. The Kier molecular flexibility index (Phi) is 4.39. The van der Waals surface area contributed by atoms with E-state index < -0.39 is 0 Å². The first-order chi connectivity index (χ1) is 10.9. The molecule has 2 saturated heterocycles. The highest BCUT2D eigenvalue weighted by atomic mass is 15.2. The smallest absolute Gasteiger partial charge is 0.131 e. The lowest BCUT2D eigenvalue weighted by Crippen LogP contribution is -2.35. The molecule has 4 heteroatoms. The first kappa shape index (κ1) is 14.6. The van der Waals surface area contributed by atoms with Crippen molar-refractivity contribution < 1.29 is 0 Å². The van der Waals surface area contributed by atoms with Crippen LogP contribution < -0.4 is 5.32 Å². The summed E-state index contributed by atoms with van der Waals surface area (Å²) in [7, 11) is 0. The maximum absolute atomic E-state index is 4.69. The third-order valence-electron chi connectivity index (χ3n) is 5.71. The Morgan fingerprint density at radius 2 is 1.73 bits per heavy atom. The molecule has 2 aliphatic heterocycles. The summed E-state index contributed by atoms with van der Waals surface area (Å²) in [6.07, 6.45) is 14.8. The van der Waals surface area contributed by atoms with E-state index in [1.54, 1.807) is 0 Å². The molecule has 0 radical (unpaired) electrons. The summed E-state index contributed by atoms with van der Waals surface area (Å²) in [5.41, 5.74) is 1.28. The highest BCUT2D eigenvalue weighted by Crippen LogP contribution is 2.30. The Balaban J connectivity index is 1.36. The SMILES string of the molecule is c1nc(C2CCCCC2)ncc1CN1CC[C@H]2CC[C@@H](C1)N2. The summed E-state index contributed by atoms with van der Waals surface area (Å²) in [6.45, 7) is 3.40. The van der Waals surface area contributed by atoms with Gasteiger partial charge < -0.3 is 5.32 Å². The van der Waals surface area contributed by atoms with Crippen molar-refractivity contribution in [3.05, 3.63) is 23.8 Å². The average Bonchev–Trinajstić information content (AvgIpc) is 2.91. The molecule has 1 aromatic rings. The summed E-state index contributed by atoms with van der Waals surface area (Å²) < 4.78 is 0. The molecular weight excluding hydrogens is 272 g/mol. The Bertz CT molecular complexity index is 480. The zero-order chi connectivity index (χ0) is 14.8. The molecule has 4 nitrogen and oxygen atoms in total. The summed E-state index contributed by atoms with van der Waals surface area (Å²) in [5.74, 6) is 1.70. The molecule has 1 N–H and O–H groups in total. The minimum atomic E-state index is 0.612. The van der Waals surface area contributed by atoms with Gasteiger partial charge in [-0.3, -0.25) is 4.90 Å². The number of likely N-dealkylation sites (tertiary alicyclic amines) is 1. The Labute approximate surface area is 133 Å². The van der Waals surface area contributed by atoms with Crippen molar-refractivity contribution in [2.75, 3.05) is 13.1 Å². The molecule has 1 aromatic heterocycles. The highest BCUT2D eigenvalue weighted by molar-refractivity contribution is 5.08. The van der Waals surface area contributed by atoms with Crippen LogP contribution in [0.25, 0.3) is 0 Å². The van der Waals surface area contributed by atoms with Crippen molar-refractivity contribution in [2.45, 2.75) is 75.9 Å². The lowest BCUT2D eigenvalue weighted by molar-refractivity contribution is 0.250. The van der Waals surface area contributed by atoms with Gasteiger partial charge in [0.2, 0.25) is 0 Å². The standard InChI is InChI=1S/C18H28N4/c1-2-4-15(5-3-1)18-19-10-14(11-20-18)12-22-9-8-16-6-7-17(13-22)21-16/h10-11,15-17,21H,1-9,12-13H2/t16-,17+/m1/s1. The van der Waals surface area contributed by atoms with Crippen LogP contribution in [0, 0.1) is 0 Å². The molecule has 3 fully saturated rings. The third kappa shape index (κ3) is 3.33. The third-order valence-corrected chi connectivity index (χ3v) is 5.71. The van der Waals surface area contributed by atoms with Crippen LogP contribution in [0.15, 0.2) is 12.4 Å². The predicted molar refractivity (Wildman–Crippen MR) is 87.7 cm³/mol. The minimum absolute atomic E-state index is 0.612. The van der Waals surface area contributed by atoms with E-state index in [-0.39, 0.29) is 0 Å². The molecule has 2 atom stereocenters. The van der Waals surface area contributed by atoms with Gasteiger partial charge in [0.05, 0.1) is 0 Å². The summed E-state index contributed by atoms with van der Waals surface area (Å²) in [6, 6.07) is 1.47. The topological polar surface area (TPSA) is 41.1 Å². The first-order valence-electron chi connectivity index (χ1n) is 9.16. The van der Waals surface area contributed by atoms with Gasteiger partial charge in [-0.05, 0) is 32.1 Å². The number of hydrogen-bond donors (Lipinski definition) is 1. The van der Waals surface area contributed by atoms with Gasteiger partial charge in [-0.15, -0.1) is 0 Å². The Morgan fingerprint density at radius 1 is 0.955 bits per heavy atom. The molecular formula is C18H28N4. The molecule has 3 aliphatic rings. The molecule has 0 aromatic carbocycles. The van der Waals surface area contributed by atoms with Crippen LogP contribution in [0.4, 0.5) is 0 Å². The molecule has 22 heavy (non-hydrogen) atoms. The van der Waals surface area contributed by atoms with Crippen molar-refractivity contribution in [3.8, 4) is 0 Å². The van der Waals surface area contributed by atoms with E-state index in [1.807, 2.05) is 0 Å². The molecule has 4 rings (SSSR count). The summed E-state index contributed by atoms with van der Waals surface area (Å²) >= 11 is 0. The highest BCUT2D eigenvalue weighted by Gasteiger charge is 2.29. The van der Waals surface area contributed by atoms with Gasteiger partial charge in [0.25, 0.3) is 0 Å². The number of aromatic nitrogens is 2. The van der Waals surface area contributed by atoms with Gasteiger partial charge in [-0.2, -0.15) is 0 Å². The van der Waals surface area contributed by atoms with E-state index in [0.29, 0.717) is 12.0 Å². The second-order valence-corrected chi connectivity index (χ2v) is 7.45. The summed E-state index contributed by atoms with van der Waals surface area (Å²) in [5, 5.41) is 3.75. The molecule has 120 valence electrons. The minimum Gasteiger partial charge on any atom is -0.310 e. The van der Waals surface area contributed by atoms with Crippen LogP contribution in [-0.2, 0) is 6.54 Å². The van der Waals surface area contributed by atoms with Crippen LogP contribution in [-0.4, -0.2) is 40.0 Å². The zero-order valence-corrected chi connectivity index (χ0v) is 13.5. The molecule has 0 unspecified atom stereocenters. The van der Waals surface area contributed by atoms with E-state index in [9.17, 15) is 0 Å². The second-order valence-electron chi connectivity index (χ2n) is 7.45. The van der Waals surface area contributed by atoms with E-state index in [2.05, 4.69) is 32.6 Å². The van der Waals surface area contributed by atoms with Gasteiger partial charge in [0.15, 0.2) is 0 Å². The van der Waals surface area contributed by atoms with E-state index in [0.717, 1.165) is 18.4 Å². The van der Waals surface area contributed by atoms with Gasteiger partial charge in [-0.1, -0.05) is 19.3 Å². The lowest BCUT2D eigenvalue weighted by atomic mass is 9.89. The van der Waals surface area contributed by atoms with Gasteiger partial charge in [0, 0.05) is 55.6 Å². The molecule has 3 heterocycles. The molecule has 0 amide bonds. The number of rotatable bonds is 3. The lowest BCUT2D eigenvalue weighted by Gasteiger charge is -2.24. The maximum Gasteiger partial charge on any atom is 0.131 e. The van der Waals surface area contributed by atoms with Crippen LogP contribution in [0.3, 0.4) is 0 Å². The molecule has 2 bridgehead atoms. The van der Waals surface area contributed by atoms with Crippen molar-refractivity contribution in [2.24, 2.45) is 0 Å². The molecule has 0 spiro atoms. The van der Waals surface area contributed by atoms with Crippen LogP contribution in [0.2, 0.25) is 0 Å². The second kappa shape index (κ2) is 6.63. The van der Waals surface area contributed by atoms with E-state index in [1.165, 1.54) is 70.0 Å². The number of nitrogens with zero attached hydrogens (tertiary/aromatic N) is 3. The van der Waals surface area contributed by atoms with Crippen LogP contribution >= 0.6 is 0 Å². The van der Waals surface area contributed by atoms with Crippen molar-refractivity contribution in [3.63, 3.8) is 0 Å². The van der Waals surface area contributed by atoms with Gasteiger partial charge in [0.1, 0.15) is 5.82 Å². The van der Waals surface area contributed by atoms with Crippen LogP contribution in [0.1, 0.15) is 68.7 Å². The fourth-order valence-electron chi connectivity index (χ4n) is 4.44. The maximum atomic E-state index is 4.69. The number of nitrogens with one attached hydrogen (secondary N) is 1. The summed E-state index contributed by atoms with van der Waals surface area (Å²) in [4.78, 5) is 12.0. The fraction of sp³-hybridized carbons (Fsp3) is 0.778. The average molecular weight is 300 g/mol. The molecule has 1 saturated carbocycles. The Hall–Kier alpha value is -1.00. The van der Waals surface area contributed by atoms with Gasteiger partial charge in [-0.25, -0.2) is 9.97 Å². The van der Waals surface area contributed by atoms with Crippen molar-refractivity contribution >= 4 is 0 Å². The zero-order valence-electron chi connectivity index (χ0n) is 13.5. The number of fused-ring (bicyclic) bond motifs is 2. The first-order valence-corrected chi connectivity index (χ1v) is 9.16. The number of hydrogen-bond acceptors (Lipinski definition) is 4. The van der Waals surface area contributed by atoms with Crippen molar-refractivity contribution in [1.82, 2.24) is 20.2 Å². The van der Waals surface area contributed by atoms with Gasteiger partial charge >= 0.3 is 0 Å². The van der Waals surface area contributed by atoms with E-state index >= 15 is 0 Å². The van der Waals surface area contributed by atoms with Crippen LogP contribution in [0.5, 0.6) is 0 Å². The monoisotopic (exact) mass is 300 g/mol. The fourth-order valence-corrected chi connectivity index (χ4v) is 4.44. The molecule has 1 aliphatic carbocycles.